The van der Waals surface area contributed by atoms with E-state index in [1.807, 2.05) is 35.4 Å². The summed E-state index contributed by atoms with van der Waals surface area (Å²) in [5, 5.41) is 16.2. The molecule has 1 aliphatic heterocycles. The molecule has 1 saturated carbocycles. The number of aromatic nitrogens is 2. The van der Waals surface area contributed by atoms with Crippen LogP contribution in [0.4, 0.5) is 0 Å². The van der Waals surface area contributed by atoms with Crippen molar-refractivity contribution in [2.45, 2.75) is 31.6 Å². The third kappa shape index (κ3) is 4.30. The van der Waals surface area contributed by atoms with Crippen LogP contribution in [0.3, 0.4) is 0 Å². The van der Waals surface area contributed by atoms with Gasteiger partial charge in [-0.05, 0) is 42.9 Å². The molecular formula is C25H27N3O5. The fourth-order valence-corrected chi connectivity index (χ4v) is 5.07. The first-order chi connectivity index (χ1) is 16.0. The molecule has 0 bridgehead atoms. The fraction of sp³-hybridized carbons (Fsp3) is 0.400. The molecule has 8 nitrogen and oxygen atoms in total. The summed E-state index contributed by atoms with van der Waals surface area (Å²) in [4.78, 5) is 26.9. The maximum Gasteiger partial charge on any atom is 0.341 e. The number of ether oxygens (including phenoxy) is 2. The highest BCUT2D eigenvalue weighted by Crippen LogP contribution is 2.38. The second-order valence-electron chi connectivity index (χ2n) is 8.89. The molecule has 1 N–H and O–H groups in total. The van der Waals surface area contributed by atoms with Gasteiger partial charge in [-0.3, -0.25) is 9.48 Å². The summed E-state index contributed by atoms with van der Waals surface area (Å²) < 4.78 is 12.6. The highest BCUT2D eigenvalue weighted by atomic mass is 16.5. The number of aliphatic hydroxyl groups is 1. The number of carbonyl (C=O) groups excluding carboxylic acids is 2. The number of likely N-dealkylation sites (tertiary alicyclic amines) is 1. The molecule has 172 valence electrons. The van der Waals surface area contributed by atoms with Crippen molar-refractivity contribution in [3.05, 3.63) is 60.3 Å². The molecule has 2 fully saturated rings. The predicted molar refractivity (Wildman–Crippen MR) is 121 cm³/mol. The molecule has 2 heterocycles. The van der Waals surface area contributed by atoms with E-state index in [2.05, 4.69) is 5.10 Å². The summed E-state index contributed by atoms with van der Waals surface area (Å²) in [6, 6.07) is 14.7. The van der Waals surface area contributed by atoms with Gasteiger partial charge in [-0.15, -0.1) is 0 Å². The number of rotatable bonds is 5. The van der Waals surface area contributed by atoms with Crippen LogP contribution >= 0.6 is 0 Å². The van der Waals surface area contributed by atoms with Gasteiger partial charge in [0.05, 0.1) is 18.7 Å². The summed E-state index contributed by atoms with van der Waals surface area (Å²) in [5.74, 6) is 0.433. The first-order valence-corrected chi connectivity index (χ1v) is 11.2. The molecule has 1 amide bonds. The molecule has 8 heteroatoms. The largest absolute Gasteiger partial charge is 0.487 e. The number of methoxy groups -OCH3 is 1. The number of para-hydroxylation sites is 1. The van der Waals surface area contributed by atoms with E-state index in [9.17, 15) is 14.7 Å². The molecule has 3 aromatic rings. The molecule has 4 atom stereocenters. The molecule has 0 unspecified atom stereocenters. The van der Waals surface area contributed by atoms with Gasteiger partial charge in [0.25, 0.3) is 0 Å². The van der Waals surface area contributed by atoms with E-state index in [1.165, 1.54) is 7.11 Å². The lowest BCUT2D eigenvalue weighted by Crippen LogP contribution is -2.42. The van der Waals surface area contributed by atoms with Gasteiger partial charge < -0.3 is 19.5 Å². The predicted octanol–water partition coefficient (Wildman–Crippen LogP) is 2.50. The van der Waals surface area contributed by atoms with Crippen molar-refractivity contribution in [3.63, 3.8) is 0 Å². The summed E-state index contributed by atoms with van der Waals surface area (Å²) >= 11 is 0. The second kappa shape index (κ2) is 8.86. The van der Waals surface area contributed by atoms with Crippen molar-refractivity contribution < 1.29 is 24.2 Å². The maximum atomic E-state index is 13.0. The smallest absolute Gasteiger partial charge is 0.341 e. The Morgan fingerprint density at radius 3 is 2.58 bits per heavy atom. The number of benzene rings is 2. The summed E-state index contributed by atoms with van der Waals surface area (Å²) in [6.07, 6.45) is 1.97. The monoisotopic (exact) mass is 449 g/mol. The number of esters is 1. The van der Waals surface area contributed by atoms with Crippen molar-refractivity contribution in [1.82, 2.24) is 14.7 Å². The molecule has 1 aliphatic carbocycles. The van der Waals surface area contributed by atoms with Crippen LogP contribution in [0.25, 0.3) is 10.9 Å². The standard InChI is InChI=1S/C25H27N3O5/c1-32-25(31)19-7-3-5-9-22(19)33-23-11-18-13-27(12-17(18)10-21(23)29)24(30)15-28-14-16-6-2-4-8-20(16)26-28/h2-9,14,17-18,21,23,29H,10-13,15H2,1H3/t17-,18+,21+,23+/m0/s1. The van der Waals surface area contributed by atoms with E-state index in [0.29, 0.717) is 37.2 Å². The second-order valence-corrected chi connectivity index (χ2v) is 8.89. The Kier molecular flexibility index (Phi) is 5.76. The Hall–Kier alpha value is -3.39. The van der Waals surface area contributed by atoms with Gasteiger partial charge >= 0.3 is 5.97 Å². The summed E-state index contributed by atoms with van der Waals surface area (Å²) in [5.41, 5.74) is 1.21. The maximum absolute atomic E-state index is 13.0. The van der Waals surface area contributed by atoms with Crippen molar-refractivity contribution in [1.29, 1.82) is 0 Å². The lowest BCUT2D eigenvalue weighted by Gasteiger charge is -2.35. The lowest BCUT2D eigenvalue weighted by atomic mass is 9.78. The van der Waals surface area contributed by atoms with E-state index >= 15 is 0 Å². The lowest BCUT2D eigenvalue weighted by molar-refractivity contribution is -0.131. The van der Waals surface area contributed by atoms with E-state index in [0.717, 1.165) is 10.9 Å². The van der Waals surface area contributed by atoms with Crippen LogP contribution < -0.4 is 4.74 Å². The van der Waals surface area contributed by atoms with Gasteiger partial charge in [0.2, 0.25) is 5.91 Å². The van der Waals surface area contributed by atoms with Crippen LogP contribution in [0.15, 0.2) is 54.7 Å². The minimum Gasteiger partial charge on any atom is -0.487 e. The van der Waals surface area contributed by atoms with Crippen LogP contribution in [0.1, 0.15) is 23.2 Å². The van der Waals surface area contributed by atoms with Gasteiger partial charge in [0.15, 0.2) is 0 Å². The number of fused-ring (bicyclic) bond motifs is 2. The van der Waals surface area contributed by atoms with Gasteiger partial charge in [-0.25, -0.2) is 4.79 Å². The first-order valence-electron chi connectivity index (χ1n) is 11.2. The van der Waals surface area contributed by atoms with Gasteiger partial charge in [-0.1, -0.05) is 30.3 Å². The number of hydrogen-bond donors (Lipinski definition) is 1. The van der Waals surface area contributed by atoms with Crippen molar-refractivity contribution in [2.24, 2.45) is 11.8 Å². The van der Waals surface area contributed by atoms with Crippen LogP contribution in [0.5, 0.6) is 5.75 Å². The Morgan fingerprint density at radius 1 is 1.06 bits per heavy atom. The Balaban J connectivity index is 1.24. The minimum absolute atomic E-state index is 0.0280. The third-order valence-corrected chi connectivity index (χ3v) is 6.77. The SMILES string of the molecule is COC(=O)c1ccccc1O[C@@H]1C[C@@H]2CN(C(=O)Cn3cc4ccccc4n3)C[C@@H]2C[C@H]1O. The molecule has 5 rings (SSSR count). The fourth-order valence-electron chi connectivity index (χ4n) is 5.07. The van der Waals surface area contributed by atoms with Gasteiger partial charge in [0.1, 0.15) is 24.0 Å². The molecule has 1 aromatic heterocycles. The van der Waals surface area contributed by atoms with E-state index < -0.39 is 18.2 Å². The van der Waals surface area contributed by atoms with Crippen molar-refractivity contribution in [3.8, 4) is 5.75 Å². The highest BCUT2D eigenvalue weighted by molar-refractivity contribution is 5.92. The van der Waals surface area contributed by atoms with Crippen molar-refractivity contribution >= 4 is 22.8 Å². The number of amides is 1. The third-order valence-electron chi connectivity index (χ3n) is 6.77. The quantitative estimate of drug-likeness (QED) is 0.602. The molecule has 0 spiro atoms. The molecule has 33 heavy (non-hydrogen) atoms. The van der Waals surface area contributed by atoms with Crippen LogP contribution in [-0.4, -0.2) is 64.1 Å². The van der Waals surface area contributed by atoms with Gasteiger partial charge in [0, 0.05) is 24.7 Å². The van der Waals surface area contributed by atoms with E-state index in [-0.39, 0.29) is 24.3 Å². The van der Waals surface area contributed by atoms with Gasteiger partial charge in [-0.2, -0.15) is 5.10 Å². The van der Waals surface area contributed by atoms with Crippen molar-refractivity contribution in [2.75, 3.05) is 20.2 Å². The molecule has 2 aliphatic rings. The molecule has 1 saturated heterocycles. The Morgan fingerprint density at radius 2 is 1.79 bits per heavy atom. The van der Waals surface area contributed by atoms with Crippen LogP contribution in [0, 0.1) is 11.8 Å². The molecular weight excluding hydrogens is 422 g/mol. The van der Waals surface area contributed by atoms with Crippen LogP contribution in [-0.2, 0) is 16.1 Å². The molecule has 0 radical (unpaired) electrons. The highest BCUT2D eigenvalue weighted by Gasteiger charge is 2.44. The number of aliphatic hydroxyl groups excluding tert-OH is 1. The normalized spacial score (nSPS) is 24.5. The zero-order chi connectivity index (χ0) is 22.9. The summed E-state index contributed by atoms with van der Waals surface area (Å²) in [7, 11) is 1.33. The average molecular weight is 450 g/mol. The number of hydrogen-bond acceptors (Lipinski definition) is 6. The van der Waals surface area contributed by atoms with E-state index in [1.54, 1.807) is 28.9 Å². The average Bonchev–Trinajstić information content (AvgIpc) is 3.42. The number of nitrogens with zero attached hydrogens (tertiary/aromatic N) is 3. The van der Waals surface area contributed by atoms with E-state index in [4.69, 9.17) is 9.47 Å². The minimum atomic E-state index is -0.664. The number of carbonyl (C=O) groups is 2. The zero-order valence-electron chi connectivity index (χ0n) is 18.5. The zero-order valence-corrected chi connectivity index (χ0v) is 18.5. The Labute approximate surface area is 191 Å². The topological polar surface area (TPSA) is 93.9 Å². The van der Waals surface area contributed by atoms with Crippen LogP contribution in [0.2, 0.25) is 0 Å². The Bertz CT molecular complexity index is 1140. The molecule has 2 aromatic carbocycles. The summed E-state index contributed by atoms with van der Waals surface area (Å²) in [6.45, 7) is 1.46. The first kappa shape index (κ1) is 21.5.